The van der Waals surface area contributed by atoms with Crippen LogP contribution in [0.4, 0.5) is 13.2 Å². The Morgan fingerprint density at radius 1 is 1.11 bits per heavy atom. The number of aromatic nitrogens is 3. The topological polar surface area (TPSA) is 88.3 Å². The molecule has 0 spiro atoms. The Morgan fingerprint density at radius 2 is 1.94 bits per heavy atom. The largest absolute Gasteiger partial charge is 0.477 e. The number of rotatable bonds is 5. The van der Waals surface area contributed by atoms with Crippen LogP contribution < -0.4 is 0 Å². The molecule has 0 aliphatic carbocycles. The van der Waals surface area contributed by atoms with Crippen molar-refractivity contribution in [2.45, 2.75) is 19.5 Å². The van der Waals surface area contributed by atoms with Gasteiger partial charge in [0.25, 0.3) is 5.91 Å². The van der Waals surface area contributed by atoms with Gasteiger partial charge in [-0.1, -0.05) is 17.3 Å². The fraction of sp³-hybridized carbons (Fsp3) is 0.167. The van der Waals surface area contributed by atoms with E-state index in [0.717, 1.165) is 23.0 Å². The Morgan fingerprint density at radius 3 is 2.74 bits per heavy atom. The molecule has 1 N–H and O–H groups in total. The molecule has 0 radical (unpaired) electrons. The third kappa shape index (κ3) is 4.30. The highest BCUT2D eigenvalue weighted by molar-refractivity contribution is 7.12. The molecule has 178 valence electrons. The highest BCUT2D eigenvalue weighted by atomic mass is 32.1. The molecule has 1 amide bonds. The molecule has 2 aromatic carbocycles. The summed E-state index contributed by atoms with van der Waals surface area (Å²) in [5, 5.41) is 19.1. The average molecular weight is 498 g/mol. The molecule has 1 aliphatic rings. The molecule has 5 rings (SSSR count). The van der Waals surface area contributed by atoms with Crippen LogP contribution in [0.3, 0.4) is 0 Å². The number of carbonyl (C=O) groups is 2. The van der Waals surface area contributed by atoms with E-state index in [4.69, 9.17) is 0 Å². The molecule has 11 heteroatoms. The van der Waals surface area contributed by atoms with E-state index in [1.165, 1.54) is 9.58 Å². The van der Waals surface area contributed by atoms with Gasteiger partial charge in [-0.15, -0.1) is 16.4 Å². The van der Waals surface area contributed by atoms with Gasteiger partial charge in [0.15, 0.2) is 17.5 Å². The molecular weight excluding hydrogens is 481 g/mol. The lowest BCUT2D eigenvalue weighted by Crippen LogP contribution is -2.36. The van der Waals surface area contributed by atoms with Crippen molar-refractivity contribution in [2.75, 3.05) is 6.54 Å². The highest BCUT2D eigenvalue weighted by Gasteiger charge is 2.27. The van der Waals surface area contributed by atoms with E-state index in [0.29, 0.717) is 22.4 Å². The first-order valence-corrected chi connectivity index (χ1v) is 11.4. The second kappa shape index (κ2) is 8.99. The van der Waals surface area contributed by atoms with Crippen LogP contribution in [0.25, 0.3) is 11.3 Å². The lowest BCUT2D eigenvalue weighted by Gasteiger charge is -2.29. The molecule has 2 aromatic heterocycles. The summed E-state index contributed by atoms with van der Waals surface area (Å²) in [6, 6.07) is 9.46. The second-order valence-corrected chi connectivity index (χ2v) is 8.99. The zero-order valence-electron chi connectivity index (χ0n) is 18.0. The summed E-state index contributed by atoms with van der Waals surface area (Å²) in [6.07, 6.45) is 1.85. The number of hydrogen-bond acceptors (Lipinski definition) is 5. The summed E-state index contributed by atoms with van der Waals surface area (Å²) < 4.78 is 43.0. The number of benzene rings is 2. The SMILES string of the molecule is O=C(O)c1sccc1-c1cn(Cc2cccc(C(=O)N3CCc4cc(F)c(F)c(F)c4C3)c2)nn1. The first-order chi connectivity index (χ1) is 16.8. The minimum absolute atomic E-state index is 0.0102. The van der Waals surface area contributed by atoms with Gasteiger partial charge in [0, 0.05) is 29.8 Å². The normalized spacial score (nSPS) is 13.1. The highest BCUT2D eigenvalue weighted by Crippen LogP contribution is 2.28. The fourth-order valence-electron chi connectivity index (χ4n) is 4.12. The van der Waals surface area contributed by atoms with Gasteiger partial charge in [0.05, 0.1) is 12.7 Å². The van der Waals surface area contributed by atoms with E-state index in [9.17, 15) is 27.9 Å². The molecule has 7 nitrogen and oxygen atoms in total. The van der Waals surface area contributed by atoms with E-state index >= 15 is 0 Å². The monoisotopic (exact) mass is 498 g/mol. The Balaban J connectivity index is 1.33. The number of thiophene rings is 1. The molecule has 3 heterocycles. The standard InChI is InChI=1S/C24H17F3N4O3S/c25-18-9-14-4-6-30(11-17(14)20(26)21(18)27)23(32)15-3-1-2-13(8-15)10-31-12-19(28-29-31)16-5-7-35-22(16)24(33)34/h1-3,5,7-9,12H,4,6,10-11H2,(H,33,34). The Labute approximate surface area is 201 Å². The molecule has 0 bridgehead atoms. The van der Waals surface area contributed by atoms with Crippen LogP contribution in [-0.4, -0.2) is 43.4 Å². The van der Waals surface area contributed by atoms with Gasteiger partial charge in [-0.25, -0.2) is 22.6 Å². The van der Waals surface area contributed by atoms with E-state index in [1.54, 1.807) is 41.9 Å². The predicted molar refractivity (Wildman–Crippen MR) is 121 cm³/mol. The number of nitrogens with zero attached hydrogens (tertiary/aromatic N) is 4. The minimum Gasteiger partial charge on any atom is -0.477 e. The van der Waals surface area contributed by atoms with Crippen molar-refractivity contribution in [1.82, 2.24) is 19.9 Å². The smallest absolute Gasteiger partial charge is 0.346 e. The van der Waals surface area contributed by atoms with E-state index in [2.05, 4.69) is 10.3 Å². The third-order valence-corrected chi connectivity index (χ3v) is 6.74. The first-order valence-electron chi connectivity index (χ1n) is 10.6. The van der Waals surface area contributed by atoms with Crippen molar-refractivity contribution in [3.63, 3.8) is 0 Å². The average Bonchev–Trinajstić information content (AvgIpc) is 3.52. The number of fused-ring (bicyclic) bond motifs is 1. The number of carboxylic acid groups (broad SMARTS) is 1. The Hall–Kier alpha value is -3.99. The number of carboxylic acids is 1. The van der Waals surface area contributed by atoms with E-state index in [1.807, 2.05) is 0 Å². The summed E-state index contributed by atoms with van der Waals surface area (Å²) in [7, 11) is 0. The van der Waals surface area contributed by atoms with Crippen molar-refractivity contribution in [3.8, 4) is 11.3 Å². The molecule has 0 saturated heterocycles. The minimum atomic E-state index is -1.54. The fourth-order valence-corrected chi connectivity index (χ4v) is 4.86. The number of halogens is 3. The molecule has 0 saturated carbocycles. The number of aromatic carboxylic acids is 1. The van der Waals surface area contributed by atoms with Crippen LogP contribution in [0.5, 0.6) is 0 Å². The van der Waals surface area contributed by atoms with Crippen LogP contribution in [0.2, 0.25) is 0 Å². The summed E-state index contributed by atoms with van der Waals surface area (Å²) >= 11 is 1.10. The van der Waals surface area contributed by atoms with E-state index < -0.39 is 23.4 Å². The van der Waals surface area contributed by atoms with Gasteiger partial charge in [-0.3, -0.25) is 4.79 Å². The first kappa shape index (κ1) is 22.8. The van der Waals surface area contributed by atoms with Crippen molar-refractivity contribution >= 4 is 23.2 Å². The zero-order valence-corrected chi connectivity index (χ0v) is 18.9. The zero-order chi connectivity index (χ0) is 24.7. The van der Waals surface area contributed by atoms with Crippen LogP contribution >= 0.6 is 11.3 Å². The number of hydrogen-bond donors (Lipinski definition) is 1. The van der Waals surface area contributed by atoms with Crippen LogP contribution in [0.1, 0.15) is 36.7 Å². The van der Waals surface area contributed by atoms with Crippen molar-refractivity contribution in [3.05, 3.63) is 92.6 Å². The molecule has 0 unspecified atom stereocenters. The summed E-state index contributed by atoms with van der Waals surface area (Å²) in [4.78, 5) is 26.0. The maximum Gasteiger partial charge on any atom is 0.346 e. The van der Waals surface area contributed by atoms with Gasteiger partial charge in [-0.05, 0) is 47.2 Å². The van der Waals surface area contributed by atoms with Crippen molar-refractivity contribution in [1.29, 1.82) is 0 Å². The lowest BCUT2D eigenvalue weighted by molar-refractivity contribution is 0.0700. The van der Waals surface area contributed by atoms with Crippen molar-refractivity contribution < 1.29 is 27.9 Å². The van der Waals surface area contributed by atoms with Gasteiger partial charge in [-0.2, -0.15) is 0 Å². The van der Waals surface area contributed by atoms with Crippen LogP contribution in [0.15, 0.2) is 48.0 Å². The summed E-state index contributed by atoms with van der Waals surface area (Å²) in [5.41, 5.74) is 2.36. The molecule has 0 atom stereocenters. The van der Waals surface area contributed by atoms with Gasteiger partial charge in [0.1, 0.15) is 10.6 Å². The van der Waals surface area contributed by atoms with Crippen LogP contribution in [0, 0.1) is 17.5 Å². The Kier molecular flexibility index (Phi) is 5.85. The molecule has 1 aliphatic heterocycles. The maximum atomic E-state index is 14.3. The lowest BCUT2D eigenvalue weighted by atomic mass is 9.97. The molecule has 0 fully saturated rings. The molecular formula is C24H17F3N4O3S. The molecule has 35 heavy (non-hydrogen) atoms. The summed E-state index contributed by atoms with van der Waals surface area (Å²) in [6.45, 7) is 0.378. The van der Waals surface area contributed by atoms with Crippen LogP contribution in [-0.2, 0) is 19.5 Å². The van der Waals surface area contributed by atoms with Crippen molar-refractivity contribution in [2.24, 2.45) is 0 Å². The Bertz CT molecular complexity index is 1470. The quantitative estimate of drug-likeness (QED) is 0.413. The predicted octanol–water partition coefficient (Wildman–Crippen LogP) is 4.37. The number of amides is 1. The van der Waals surface area contributed by atoms with Gasteiger partial charge < -0.3 is 10.0 Å². The maximum absolute atomic E-state index is 14.3. The van der Waals surface area contributed by atoms with E-state index in [-0.39, 0.29) is 42.4 Å². The third-order valence-electron chi connectivity index (χ3n) is 5.84. The molecule has 4 aromatic rings. The summed E-state index contributed by atoms with van der Waals surface area (Å²) in [5.74, 6) is -5.42. The van der Waals surface area contributed by atoms with Gasteiger partial charge >= 0.3 is 5.97 Å². The van der Waals surface area contributed by atoms with Gasteiger partial charge in [0.2, 0.25) is 0 Å². The number of carbonyl (C=O) groups excluding carboxylic acids is 1. The second-order valence-electron chi connectivity index (χ2n) is 8.07.